The number of halogens is 1. The van der Waals surface area contributed by atoms with Gasteiger partial charge in [-0.1, -0.05) is 11.2 Å². The first-order valence-electron chi connectivity index (χ1n) is 4.40. The Balaban J connectivity index is 1.93. The number of aromatic nitrogens is 3. The van der Waals surface area contributed by atoms with E-state index in [0.717, 1.165) is 5.69 Å². The lowest BCUT2D eigenvalue weighted by molar-refractivity contribution is 0.525. The molecule has 0 aliphatic carbocycles. The zero-order valence-corrected chi connectivity index (χ0v) is 8.61. The molecule has 6 heteroatoms. The number of alkyl halides is 1. The van der Waals surface area contributed by atoms with Gasteiger partial charge in [0.2, 0.25) is 5.89 Å². The van der Waals surface area contributed by atoms with Crippen molar-refractivity contribution < 1.29 is 4.42 Å². The minimum atomic E-state index is 0.221. The first-order valence-corrected chi connectivity index (χ1v) is 4.94. The molecule has 0 fully saturated rings. The van der Waals surface area contributed by atoms with E-state index in [4.69, 9.17) is 16.0 Å². The van der Waals surface area contributed by atoms with Crippen molar-refractivity contribution in [2.75, 3.05) is 5.32 Å². The van der Waals surface area contributed by atoms with Crippen LogP contribution in [0.3, 0.4) is 0 Å². The minimum Gasteiger partial charge on any atom is -0.407 e. The van der Waals surface area contributed by atoms with Crippen LogP contribution in [-0.2, 0) is 12.4 Å². The average molecular weight is 225 g/mol. The summed E-state index contributed by atoms with van der Waals surface area (Å²) in [7, 11) is 0. The van der Waals surface area contributed by atoms with E-state index in [1.54, 1.807) is 6.20 Å². The summed E-state index contributed by atoms with van der Waals surface area (Å²) in [6, 6.07) is 6.05. The fraction of sp³-hybridized carbons (Fsp3) is 0.222. The normalized spacial score (nSPS) is 10.2. The lowest BCUT2D eigenvalue weighted by atomic mass is 10.3. The molecule has 1 N–H and O–H groups in total. The maximum absolute atomic E-state index is 5.52. The fourth-order valence-corrected chi connectivity index (χ4v) is 1.16. The highest BCUT2D eigenvalue weighted by atomic mass is 35.5. The van der Waals surface area contributed by atoms with Crippen LogP contribution in [0.15, 0.2) is 28.8 Å². The molecule has 0 unspecified atom stereocenters. The topological polar surface area (TPSA) is 63.8 Å². The fourth-order valence-electron chi connectivity index (χ4n) is 1.05. The monoisotopic (exact) mass is 224 g/mol. The molecule has 2 aromatic rings. The quantitative estimate of drug-likeness (QED) is 0.803. The molecule has 0 spiro atoms. The second-order valence-corrected chi connectivity index (χ2v) is 3.08. The number of pyridine rings is 1. The molecule has 0 radical (unpaired) electrons. The van der Waals surface area contributed by atoms with Crippen molar-refractivity contribution >= 4 is 17.6 Å². The largest absolute Gasteiger partial charge is 0.407 e. The van der Waals surface area contributed by atoms with Crippen molar-refractivity contribution in [3.8, 4) is 0 Å². The third-order valence-corrected chi connectivity index (χ3v) is 1.96. The van der Waals surface area contributed by atoms with Crippen molar-refractivity contribution in [3.05, 3.63) is 36.0 Å². The zero-order chi connectivity index (χ0) is 10.5. The van der Waals surface area contributed by atoms with Gasteiger partial charge < -0.3 is 9.73 Å². The number of nitrogens with zero attached hydrogens (tertiary/aromatic N) is 3. The number of rotatable bonds is 4. The Hall–Kier alpha value is -1.62. The number of anilines is 1. The number of hydrogen-bond acceptors (Lipinski definition) is 5. The van der Waals surface area contributed by atoms with E-state index in [1.807, 2.05) is 18.2 Å². The summed E-state index contributed by atoms with van der Waals surface area (Å²) < 4.78 is 5.16. The number of hydrogen-bond donors (Lipinski definition) is 1. The van der Waals surface area contributed by atoms with Gasteiger partial charge in [-0.15, -0.1) is 16.7 Å². The molecular formula is C9H9ClN4O. The highest BCUT2D eigenvalue weighted by molar-refractivity contribution is 6.16. The van der Waals surface area contributed by atoms with Crippen LogP contribution in [0.5, 0.6) is 0 Å². The van der Waals surface area contributed by atoms with Gasteiger partial charge in [0.25, 0.3) is 0 Å². The van der Waals surface area contributed by atoms with Gasteiger partial charge >= 0.3 is 6.01 Å². The van der Waals surface area contributed by atoms with Gasteiger partial charge in [0.05, 0.1) is 12.2 Å². The number of nitrogens with one attached hydrogen (secondary N) is 1. The minimum absolute atomic E-state index is 0.221. The average Bonchev–Trinajstić information content (AvgIpc) is 2.76. The summed E-state index contributed by atoms with van der Waals surface area (Å²) in [5, 5.41) is 10.4. The summed E-state index contributed by atoms with van der Waals surface area (Å²) in [5.74, 6) is 0.623. The van der Waals surface area contributed by atoms with Crippen LogP contribution in [0, 0.1) is 0 Å². The van der Waals surface area contributed by atoms with E-state index >= 15 is 0 Å². The van der Waals surface area contributed by atoms with Crippen molar-refractivity contribution in [1.82, 2.24) is 15.2 Å². The predicted molar refractivity (Wildman–Crippen MR) is 55.4 cm³/mol. The molecular weight excluding hydrogens is 216 g/mol. The molecule has 0 saturated carbocycles. The summed E-state index contributed by atoms with van der Waals surface area (Å²) >= 11 is 5.52. The van der Waals surface area contributed by atoms with Crippen molar-refractivity contribution in [2.24, 2.45) is 0 Å². The van der Waals surface area contributed by atoms with Gasteiger partial charge in [0.15, 0.2) is 0 Å². The molecule has 0 atom stereocenters. The van der Waals surface area contributed by atoms with E-state index in [1.165, 1.54) is 0 Å². The smallest absolute Gasteiger partial charge is 0.315 e. The van der Waals surface area contributed by atoms with Gasteiger partial charge in [-0.2, -0.15) is 0 Å². The molecule has 5 nitrogen and oxygen atoms in total. The van der Waals surface area contributed by atoms with E-state index in [-0.39, 0.29) is 5.88 Å². The molecule has 2 aromatic heterocycles. The molecule has 0 saturated heterocycles. The molecule has 0 aliphatic heterocycles. The molecule has 0 aromatic carbocycles. The van der Waals surface area contributed by atoms with Gasteiger partial charge in [0, 0.05) is 6.20 Å². The third kappa shape index (κ3) is 2.66. The Morgan fingerprint density at radius 3 is 2.93 bits per heavy atom. The first-order chi connectivity index (χ1) is 7.38. The van der Waals surface area contributed by atoms with Crippen LogP contribution in [0.2, 0.25) is 0 Å². The van der Waals surface area contributed by atoms with Crippen molar-refractivity contribution in [2.45, 2.75) is 12.4 Å². The highest BCUT2D eigenvalue weighted by Gasteiger charge is 2.03. The van der Waals surface area contributed by atoms with Gasteiger partial charge in [-0.05, 0) is 12.1 Å². The van der Waals surface area contributed by atoms with Gasteiger partial charge in [0.1, 0.15) is 5.88 Å². The summed E-state index contributed by atoms with van der Waals surface area (Å²) in [6.45, 7) is 0.546. The lowest BCUT2D eigenvalue weighted by Crippen LogP contribution is -2.01. The van der Waals surface area contributed by atoms with Crippen LogP contribution in [0.4, 0.5) is 6.01 Å². The van der Waals surface area contributed by atoms with Crippen LogP contribution < -0.4 is 5.32 Å². The molecule has 0 bridgehead atoms. The molecule has 0 aliphatic rings. The van der Waals surface area contributed by atoms with E-state index in [0.29, 0.717) is 18.5 Å². The Morgan fingerprint density at radius 2 is 2.27 bits per heavy atom. The first kappa shape index (κ1) is 9.92. The Bertz CT molecular complexity index is 417. The van der Waals surface area contributed by atoms with E-state index in [9.17, 15) is 0 Å². The Labute approximate surface area is 91.5 Å². The van der Waals surface area contributed by atoms with E-state index in [2.05, 4.69) is 20.5 Å². The Kier molecular flexibility index (Phi) is 3.14. The molecule has 0 amide bonds. The lowest BCUT2D eigenvalue weighted by Gasteiger charge is -1.99. The van der Waals surface area contributed by atoms with Crippen molar-refractivity contribution in [3.63, 3.8) is 0 Å². The summed E-state index contributed by atoms with van der Waals surface area (Å²) in [6.07, 6.45) is 1.73. The Morgan fingerprint density at radius 1 is 1.33 bits per heavy atom. The molecule has 2 heterocycles. The zero-order valence-electron chi connectivity index (χ0n) is 7.85. The summed E-state index contributed by atoms with van der Waals surface area (Å²) in [4.78, 5) is 4.14. The third-order valence-electron chi connectivity index (χ3n) is 1.73. The molecule has 15 heavy (non-hydrogen) atoms. The maximum atomic E-state index is 5.52. The van der Waals surface area contributed by atoms with Crippen LogP contribution in [0.1, 0.15) is 11.6 Å². The summed E-state index contributed by atoms with van der Waals surface area (Å²) in [5.41, 5.74) is 0.906. The SMILES string of the molecule is ClCc1nnc(NCc2ccccn2)o1. The maximum Gasteiger partial charge on any atom is 0.315 e. The highest BCUT2D eigenvalue weighted by Crippen LogP contribution is 2.08. The van der Waals surface area contributed by atoms with Crippen molar-refractivity contribution in [1.29, 1.82) is 0 Å². The standard InChI is InChI=1S/C9H9ClN4O/c10-5-8-13-14-9(15-8)12-6-7-3-1-2-4-11-7/h1-4H,5-6H2,(H,12,14). The van der Waals surface area contributed by atoms with Gasteiger partial charge in [-0.3, -0.25) is 4.98 Å². The second-order valence-electron chi connectivity index (χ2n) is 2.81. The molecule has 78 valence electrons. The predicted octanol–water partition coefficient (Wildman–Crippen LogP) is 1.82. The van der Waals surface area contributed by atoms with Crippen LogP contribution in [-0.4, -0.2) is 15.2 Å². The second kappa shape index (κ2) is 4.75. The van der Waals surface area contributed by atoms with Gasteiger partial charge in [-0.25, -0.2) is 0 Å². The molecule has 2 rings (SSSR count). The van der Waals surface area contributed by atoms with Crippen LogP contribution in [0.25, 0.3) is 0 Å². The van der Waals surface area contributed by atoms with Crippen LogP contribution >= 0.6 is 11.6 Å². The van der Waals surface area contributed by atoms with E-state index < -0.39 is 0 Å².